The maximum Gasteiger partial charge on any atom is 0.251 e. The van der Waals surface area contributed by atoms with Crippen molar-refractivity contribution in [3.8, 4) is 0 Å². The Balaban J connectivity index is 1.84. The van der Waals surface area contributed by atoms with Crippen LogP contribution in [-0.4, -0.2) is 27.3 Å². The fraction of sp³-hybridized carbons (Fsp3) is 0.222. The third-order valence-electron chi connectivity index (χ3n) is 3.80. The lowest BCUT2D eigenvalue weighted by Crippen LogP contribution is -2.44. The fourth-order valence-corrected chi connectivity index (χ4v) is 3.00. The van der Waals surface area contributed by atoms with Crippen molar-refractivity contribution < 1.29 is 9.59 Å². The normalized spacial score (nSPS) is 12.3. The molecule has 5 nitrogen and oxygen atoms in total. The number of aromatic nitrogens is 2. The highest BCUT2D eigenvalue weighted by molar-refractivity contribution is 7.12. The van der Waals surface area contributed by atoms with E-state index >= 15 is 0 Å². The second kappa shape index (κ2) is 6.88. The second-order valence-corrected chi connectivity index (χ2v) is 6.67. The SMILES string of the molecule is CC(C)C(NC(=O)c1ccccc1)C(=O)c1ccc2snnc2c1. The number of benzene rings is 2. The van der Waals surface area contributed by atoms with Gasteiger partial charge in [0, 0.05) is 11.1 Å². The smallest absolute Gasteiger partial charge is 0.251 e. The van der Waals surface area contributed by atoms with Gasteiger partial charge in [-0.25, -0.2) is 0 Å². The third-order valence-corrected chi connectivity index (χ3v) is 4.51. The summed E-state index contributed by atoms with van der Waals surface area (Å²) < 4.78 is 4.81. The maximum absolute atomic E-state index is 12.9. The molecule has 3 rings (SSSR count). The van der Waals surface area contributed by atoms with E-state index in [-0.39, 0.29) is 17.6 Å². The standard InChI is InChI=1S/C18H17N3O2S/c1-11(2)16(19-18(23)12-6-4-3-5-7-12)17(22)13-8-9-15-14(10-13)20-21-24-15/h3-11,16H,1-2H3,(H,19,23). The average molecular weight is 339 g/mol. The van der Waals surface area contributed by atoms with Crippen molar-refractivity contribution in [3.63, 3.8) is 0 Å². The molecule has 24 heavy (non-hydrogen) atoms. The first-order chi connectivity index (χ1) is 11.6. The zero-order valence-electron chi connectivity index (χ0n) is 13.4. The van der Waals surface area contributed by atoms with Crippen LogP contribution in [0.3, 0.4) is 0 Å². The van der Waals surface area contributed by atoms with Gasteiger partial charge in [0.25, 0.3) is 5.91 Å². The van der Waals surface area contributed by atoms with Crippen molar-refractivity contribution in [2.24, 2.45) is 5.92 Å². The molecule has 0 spiro atoms. The van der Waals surface area contributed by atoms with Gasteiger partial charge in [0.05, 0.1) is 10.7 Å². The number of hydrogen-bond acceptors (Lipinski definition) is 5. The van der Waals surface area contributed by atoms with Crippen LogP contribution in [0.2, 0.25) is 0 Å². The molecule has 1 amide bonds. The quantitative estimate of drug-likeness (QED) is 0.724. The Labute approximate surface area is 143 Å². The molecule has 0 saturated heterocycles. The van der Waals surface area contributed by atoms with Gasteiger partial charge in [0.2, 0.25) is 0 Å². The van der Waals surface area contributed by atoms with Crippen molar-refractivity contribution in [1.29, 1.82) is 0 Å². The summed E-state index contributed by atoms with van der Waals surface area (Å²) >= 11 is 1.29. The number of carbonyl (C=O) groups is 2. The molecule has 1 N–H and O–H groups in total. The van der Waals surface area contributed by atoms with Gasteiger partial charge in [0.1, 0.15) is 5.52 Å². The monoisotopic (exact) mass is 339 g/mol. The average Bonchev–Trinajstić information content (AvgIpc) is 3.07. The highest BCUT2D eigenvalue weighted by Crippen LogP contribution is 2.19. The topological polar surface area (TPSA) is 72.0 Å². The Morgan fingerprint density at radius 3 is 2.50 bits per heavy atom. The molecule has 0 fully saturated rings. The number of nitrogens with one attached hydrogen (secondary N) is 1. The number of rotatable bonds is 5. The minimum atomic E-state index is -0.596. The first-order valence-electron chi connectivity index (χ1n) is 7.68. The van der Waals surface area contributed by atoms with E-state index in [9.17, 15) is 9.59 Å². The molecule has 0 bridgehead atoms. The van der Waals surface area contributed by atoms with E-state index in [1.165, 1.54) is 11.5 Å². The summed E-state index contributed by atoms with van der Waals surface area (Å²) in [4.78, 5) is 25.2. The fourth-order valence-electron chi connectivity index (χ4n) is 2.46. The van der Waals surface area contributed by atoms with Crippen molar-refractivity contribution in [2.75, 3.05) is 0 Å². The van der Waals surface area contributed by atoms with Gasteiger partial charge in [-0.1, -0.05) is 36.5 Å². The van der Waals surface area contributed by atoms with Gasteiger partial charge in [-0.3, -0.25) is 9.59 Å². The van der Waals surface area contributed by atoms with Gasteiger partial charge in [-0.05, 0) is 47.8 Å². The van der Waals surface area contributed by atoms with Crippen LogP contribution in [0.5, 0.6) is 0 Å². The summed E-state index contributed by atoms with van der Waals surface area (Å²) in [5, 5.41) is 6.85. The highest BCUT2D eigenvalue weighted by Gasteiger charge is 2.26. The molecule has 1 atom stereocenters. The highest BCUT2D eigenvalue weighted by atomic mass is 32.1. The molecule has 0 aliphatic rings. The lowest BCUT2D eigenvalue weighted by molar-refractivity contribution is 0.0831. The van der Waals surface area contributed by atoms with E-state index in [1.54, 1.807) is 36.4 Å². The lowest BCUT2D eigenvalue weighted by Gasteiger charge is -2.21. The summed E-state index contributed by atoms with van der Waals surface area (Å²) in [5.74, 6) is -0.405. The van der Waals surface area contributed by atoms with E-state index < -0.39 is 6.04 Å². The summed E-state index contributed by atoms with van der Waals surface area (Å²) in [6.45, 7) is 3.83. The number of fused-ring (bicyclic) bond motifs is 1. The molecule has 122 valence electrons. The van der Waals surface area contributed by atoms with Crippen LogP contribution in [-0.2, 0) is 0 Å². The van der Waals surface area contributed by atoms with Crippen LogP contribution in [0.4, 0.5) is 0 Å². The Kier molecular flexibility index (Phi) is 4.66. The molecule has 3 aromatic rings. The Morgan fingerprint density at radius 1 is 1.04 bits per heavy atom. The number of carbonyl (C=O) groups excluding carboxylic acids is 2. The van der Waals surface area contributed by atoms with Crippen LogP contribution >= 0.6 is 11.5 Å². The summed E-state index contributed by atoms with van der Waals surface area (Å²) in [6, 6.07) is 13.6. The molecule has 1 unspecified atom stereocenters. The summed E-state index contributed by atoms with van der Waals surface area (Å²) in [6.07, 6.45) is 0. The van der Waals surface area contributed by atoms with Crippen LogP contribution in [0.1, 0.15) is 34.6 Å². The minimum Gasteiger partial charge on any atom is -0.342 e. The number of nitrogens with zero attached hydrogens (tertiary/aromatic N) is 2. The van der Waals surface area contributed by atoms with Gasteiger partial charge in [0.15, 0.2) is 5.78 Å². The van der Waals surface area contributed by atoms with Crippen molar-refractivity contribution in [1.82, 2.24) is 14.9 Å². The molecular weight excluding hydrogens is 322 g/mol. The number of Topliss-reactive ketones (excluding diaryl/α,β-unsaturated/α-hetero) is 1. The second-order valence-electron chi connectivity index (χ2n) is 5.88. The predicted octanol–water partition coefficient (Wildman–Crippen LogP) is 3.33. The Hall–Kier alpha value is -2.60. The molecule has 1 heterocycles. The largest absolute Gasteiger partial charge is 0.342 e. The molecule has 0 aliphatic carbocycles. The van der Waals surface area contributed by atoms with Crippen LogP contribution in [0.25, 0.3) is 10.2 Å². The Bertz CT molecular complexity index is 874. The van der Waals surface area contributed by atoms with Gasteiger partial charge in [-0.2, -0.15) is 0 Å². The summed E-state index contributed by atoms with van der Waals surface area (Å²) in [7, 11) is 0. The van der Waals surface area contributed by atoms with E-state index in [2.05, 4.69) is 14.9 Å². The summed E-state index contributed by atoms with van der Waals surface area (Å²) in [5.41, 5.74) is 1.76. The first-order valence-corrected chi connectivity index (χ1v) is 8.46. The van der Waals surface area contributed by atoms with Crippen LogP contribution < -0.4 is 5.32 Å². The molecule has 1 aromatic heterocycles. The zero-order chi connectivity index (χ0) is 17.1. The van der Waals surface area contributed by atoms with Gasteiger partial charge < -0.3 is 5.32 Å². The first kappa shape index (κ1) is 16.3. The molecule has 0 radical (unpaired) electrons. The molecule has 0 saturated carbocycles. The van der Waals surface area contributed by atoms with E-state index in [0.29, 0.717) is 16.6 Å². The number of amides is 1. The van der Waals surface area contributed by atoms with E-state index in [0.717, 1.165) is 4.70 Å². The third kappa shape index (κ3) is 3.33. The van der Waals surface area contributed by atoms with E-state index in [4.69, 9.17) is 0 Å². The van der Waals surface area contributed by atoms with Crippen LogP contribution in [0.15, 0.2) is 48.5 Å². The predicted molar refractivity (Wildman–Crippen MR) is 94.3 cm³/mol. The number of ketones is 1. The molecule has 0 aliphatic heterocycles. The molecule has 2 aromatic carbocycles. The number of hydrogen-bond donors (Lipinski definition) is 1. The zero-order valence-corrected chi connectivity index (χ0v) is 14.2. The lowest BCUT2D eigenvalue weighted by atomic mass is 9.94. The molecular formula is C18H17N3O2S. The molecule has 6 heteroatoms. The van der Waals surface area contributed by atoms with Crippen molar-refractivity contribution in [3.05, 3.63) is 59.7 Å². The van der Waals surface area contributed by atoms with E-state index in [1.807, 2.05) is 26.0 Å². The van der Waals surface area contributed by atoms with Gasteiger partial charge in [-0.15, -0.1) is 5.10 Å². The van der Waals surface area contributed by atoms with Gasteiger partial charge >= 0.3 is 0 Å². The van der Waals surface area contributed by atoms with Crippen molar-refractivity contribution in [2.45, 2.75) is 19.9 Å². The Morgan fingerprint density at radius 2 is 1.79 bits per heavy atom. The van der Waals surface area contributed by atoms with Crippen molar-refractivity contribution >= 4 is 33.4 Å². The minimum absolute atomic E-state index is 0.0329. The maximum atomic E-state index is 12.9. The van der Waals surface area contributed by atoms with Crippen LogP contribution in [0, 0.1) is 5.92 Å².